The first-order valence-electron chi connectivity index (χ1n) is 14.2. The van der Waals surface area contributed by atoms with Crippen LogP contribution in [-0.2, 0) is 28.5 Å². The first-order valence-corrected chi connectivity index (χ1v) is 14.2. The Morgan fingerprint density at radius 3 is 1.06 bits per heavy atom. The SMILES string of the molecule is CCCCCCCCCCC(=O)OCCOCCOCCOC(=O)CCCCCCCCCC. The molecule has 0 amide bonds. The molecule has 34 heavy (non-hydrogen) atoms. The summed E-state index contributed by atoms with van der Waals surface area (Å²) in [5, 5.41) is 0. The molecule has 0 aromatic carbocycles. The molecule has 0 aromatic rings. The highest BCUT2D eigenvalue weighted by Crippen LogP contribution is 2.11. The first-order chi connectivity index (χ1) is 16.7. The highest BCUT2D eigenvalue weighted by Gasteiger charge is 2.04. The van der Waals surface area contributed by atoms with Gasteiger partial charge in [-0.05, 0) is 12.8 Å². The van der Waals surface area contributed by atoms with E-state index >= 15 is 0 Å². The van der Waals surface area contributed by atoms with Crippen LogP contribution in [0.1, 0.15) is 129 Å². The average molecular weight is 487 g/mol. The number of carbonyl (C=O) groups excluding carboxylic acids is 2. The summed E-state index contributed by atoms with van der Waals surface area (Å²) in [7, 11) is 0. The summed E-state index contributed by atoms with van der Waals surface area (Å²) in [5.74, 6) is -0.278. The minimum atomic E-state index is -0.139. The lowest BCUT2D eigenvalue weighted by molar-refractivity contribution is -0.147. The van der Waals surface area contributed by atoms with Crippen LogP contribution in [-0.4, -0.2) is 51.6 Å². The van der Waals surface area contributed by atoms with Gasteiger partial charge in [-0.1, -0.05) is 104 Å². The van der Waals surface area contributed by atoms with Crippen LogP contribution in [0.15, 0.2) is 0 Å². The number of esters is 2. The summed E-state index contributed by atoms with van der Waals surface area (Å²) in [6.07, 6.45) is 20.5. The van der Waals surface area contributed by atoms with Gasteiger partial charge >= 0.3 is 11.9 Å². The molecule has 0 spiro atoms. The molecule has 0 aromatic heterocycles. The van der Waals surface area contributed by atoms with Crippen LogP contribution in [0, 0.1) is 0 Å². The molecule has 0 aliphatic rings. The highest BCUT2D eigenvalue weighted by atomic mass is 16.6. The summed E-state index contributed by atoms with van der Waals surface area (Å²) in [5.41, 5.74) is 0. The lowest BCUT2D eigenvalue weighted by Gasteiger charge is -2.08. The van der Waals surface area contributed by atoms with Gasteiger partial charge < -0.3 is 18.9 Å². The van der Waals surface area contributed by atoms with Crippen LogP contribution in [0.4, 0.5) is 0 Å². The van der Waals surface area contributed by atoms with Gasteiger partial charge in [0.05, 0.1) is 26.4 Å². The van der Waals surface area contributed by atoms with Gasteiger partial charge in [-0.25, -0.2) is 0 Å². The second-order valence-corrected chi connectivity index (χ2v) is 9.12. The van der Waals surface area contributed by atoms with E-state index in [1.165, 1.54) is 77.0 Å². The minimum Gasteiger partial charge on any atom is -0.463 e. The van der Waals surface area contributed by atoms with E-state index in [-0.39, 0.29) is 25.2 Å². The first kappa shape index (κ1) is 32.9. The van der Waals surface area contributed by atoms with Crippen molar-refractivity contribution in [3.63, 3.8) is 0 Å². The quantitative estimate of drug-likeness (QED) is 0.0905. The molecule has 0 heterocycles. The summed E-state index contributed by atoms with van der Waals surface area (Å²) >= 11 is 0. The molecule has 6 heteroatoms. The van der Waals surface area contributed by atoms with Crippen LogP contribution in [0.2, 0.25) is 0 Å². The van der Waals surface area contributed by atoms with Gasteiger partial charge in [0.25, 0.3) is 0 Å². The van der Waals surface area contributed by atoms with Crippen LogP contribution >= 0.6 is 0 Å². The van der Waals surface area contributed by atoms with Crippen molar-refractivity contribution in [3.8, 4) is 0 Å². The third-order valence-corrected chi connectivity index (χ3v) is 5.82. The van der Waals surface area contributed by atoms with Crippen molar-refractivity contribution in [2.24, 2.45) is 0 Å². The number of ether oxygens (including phenoxy) is 4. The molecule has 0 saturated carbocycles. The molecule has 202 valence electrons. The molecular weight excluding hydrogens is 432 g/mol. The maximum Gasteiger partial charge on any atom is 0.305 e. The smallest absolute Gasteiger partial charge is 0.305 e. The van der Waals surface area contributed by atoms with E-state index in [9.17, 15) is 9.59 Å². The number of unbranched alkanes of at least 4 members (excludes halogenated alkanes) is 14. The molecule has 6 nitrogen and oxygen atoms in total. The van der Waals surface area contributed by atoms with Crippen molar-refractivity contribution in [2.45, 2.75) is 129 Å². The van der Waals surface area contributed by atoms with E-state index in [1.54, 1.807) is 0 Å². The Balaban J connectivity index is 3.23. The Hall–Kier alpha value is -1.14. The lowest BCUT2D eigenvalue weighted by atomic mass is 10.1. The number of rotatable bonds is 27. The molecule has 0 rings (SSSR count). The summed E-state index contributed by atoms with van der Waals surface area (Å²) < 4.78 is 21.2. The molecule has 0 aliphatic heterocycles. The fraction of sp³-hybridized carbons (Fsp3) is 0.929. The molecule has 0 aliphatic carbocycles. The second-order valence-electron chi connectivity index (χ2n) is 9.12. The standard InChI is InChI=1S/C28H54O6/c1-3-5-7-9-11-13-15-17-19-27(29)33-25-23-31-21-22-32-24-26-34-28(30)20-18-16-14-12-10-8-6-4-2/h3-26H2,1-2H3. The molecule has 0 atom stereocenters. The van der Waals surface area contributed by atoms with Crippen molar-refractivity contribution in [2.75, 3.05) is 39.6 Å². The largest absolute Gasteiger partial charge is 0.463 e. The number of hydrogen-bond donors (Lipinski definition) is 0. The van der Waals surface area contributed by atoms with Gasteiger partial charge in [0, 0.05) is 12.8 Å². The predicted molar refractivity (Wildman–Crippen MR) is 138 cm³/mol. The Morgan fingerprint density at radius 1 is 0.412 bits per heavy atom. The zero-order valence-electron chi connectivity index (χ0n) is 22.4. The lowest BCUT2D eigenvalue weighted by Crippen LogP contribution is -2.15. The van der Waals surface area contributed by atoms with E-state index in [4.69, 9.17) is 18.9 Å². The van der Waals surface area contributed by atoms with Crippen LogP contribution < -0.4 is 0 Å². The molecule has 0 fully saturated rings. The maximum atomic E-state index is 11.7. The summed E-state index contributed by atoms with van der Waals surface area (Å²) in [6.45, 7) is 6.64. The van der Waals surface area contributed by atoms with Crippen molar-refractivity contribution in [1.29, 1.82) is 0 Å². The fourth-order valence-electron chi connectivity index (χ4n) is 3.70. The van der Waals surface area contributed by atoms with Gasteiger partial charge in [-0.15, -0.1) is 0 Å². The Morgan fingerprint density at radius 2 is 0.706 bits per heavy atom. The van der Waals surface area contributed by atoms with Crippen LogP contribution in [0.5, 0.6) is 0 Å². The minimum absolute atomic E-state index is 0.139. The molecule has 0 radical (unpaired) electrons. The van der Waals surface area contributed by atoms with Crippen molar-refractivity contribution >= 4 is 11.9 Å². The zero-order chi connectivity index (χ0) is 25.0. The van der Waals surface area contributed by atoms with E-state index in [1.807, 2.05) is 0 Å². The van der Waals surface area contributed by atoms with E-state index in [0.717, 1.165) is 25.7 Å². The fourth-order valence-corrected chi connectivity index (χ4v) is 3.70. The van der Waals surface area contributed by atoms with Crippen LogP contribution in [0.25, 0.3) is 0 Å². The van der Waals surface area contributed by atoms with Crippen molar-refractivity contribution < 1.29 is 28.5 Å². The molecule has 0 bridgehead atoms. The van der Waals surface area contributed by atoms with Gasteiger partial charge in [0.15, 0.2) is 0 Å². The third-order valence-electron chi connectivity index (χ3n) is 5.82. The molecule has 0 N–H and O–H groups in total. The van der Waals surface area contributed by atoms with Crippen LogP contribution in [0.3, 0.4) is 0 Å². The van der Waals surface area contributed by atoms with Gasteiger partial charge in [-0.3, -0.25) is 9.59 Å². The highest BCUT2D eigenvalue weighted by molar-refractivity contribution is 5.69. The van der Waals surface area contributed by atoms with E-state index in [2.05, 4.69) is 13.8 Å². The summed E-state index contributed by atoms with van der Waals surface area (Å²) in [4.78, 5) is 23.4. The second kappa shape index (κ2) is 28.1. The Labute approximate surface area is 209 Å². The third kappa shape index (κ3) is 27.1. The Kier molecular flexibility index (Phi) is 27.2. The molecule has 0 saturated heterocycles. The van der Waals surface area contributed by atoms with E-state index < -0.39 is 0 Å². The van der Waals surface area contributed by atoms with Crippen molar-refractivity contribution in [1.82, 2.24) is 0 Å². The molecular formula is C28H54O6. The Bertz CT molecular complexity index is 401. The van der Waals surface area contributed by atoms with Crippen molar-refractivity contribution in [3.05, 3.63) is 0 Å². The van der Waals surface area contributed by atoms with Gasteiger partial charge in [0.2, 0.25) is 0 Å². The normalized spacial score (nSPS) is 11.0. The van der Waals surface area contributed by atoms with Gasteiger partial charge in [-0.2, -0.15) is 0 Å². The van der Waals surface area contributed by atoms with E-state index in [0.29, 0.717) is 39.3 Å². The topological polar surface area (TPSA) is 71.1 Å². The summed E-state index contributed by atoms with van der Waals surface area (Å²) in [6, 6.07) is 0. The number of carbonyl (C=O) groups is 2. The maximum absolute atomic E-state index is 11.7. The monoisotopic (exact) mass is 486 g/mol. The number of hydrogen-bond acceptors (Lipinski definition) is 6. The molecule has 0 unspecified atom stereocenters. The predicted octanol–water partition coefficient (Wildman–Crippen LogP) is 7.17. The average Bonchev–Trinajstić information content (AvgIpc) is 2.83. The zero-order valence-corrected chi connectivity index (χ0v) is 22.4. The van der Waals surface area contributed by atoms with Gasteiger partial charge in [0.1, 0.15) is 13.2 Å².